The van der Waals surface area contributed by atoms with E-state index in [9.17, 15) is 13.9 Å². The van der Waals surface area contributed by atoms with Gasteiger partial charge in [-0.15, -0.1) is 5.10 Å². The molecule has 0 aliphatic carbocycles. The Morgan fingerprint density at radius 3 is 2.83 bits per heavy atom. The highest BCUT2D eigenvalue weighted by atomic mass is 19.1. The minimum absolute atomic E-state index is 0.0420. The highest BCUT2D eigenvalue weighted by Gasteiger charge is 2.31. The highest BCUT2D eigenvalue weighted by Crippen LogP contribution is 2.32. The largest absolute Gasteiger partial charge is 0.396 e. The zero-order valence-corrected chi connectivity index (χ0v) is 15.8. The van der Waals surface area contributed by atoms with Crippen LogP contribution in [0.2, 0.25) is 0 Å². The normalized spacial score (nSPS) is 19.0. The number of likely N-dealkylation sites (tertiary alicyclic amines) is 1. The quantitative estimate of drug-likeness (QED) is 0.392. The molecule has 4 aromatic rings. The number of nitrogens with two attached hydrogens (primary N) is 2. The van der Waals surface area contributed by atoms with Crippen LogP contribution in [0.1, 0.15) is 36.5 Å². The molecule has 0 spiro atoms. The number of fused-ring (bicyclic) bond motifs is 3. The number of H-pyrrole nitrogens is 1. The Morgan fingerprint density at radius 2 is 2.07 bits per heavy atom. The van der Waals surface area contributed by atoms with Gasteiger partial charge in [0, 0.05) is 25.1 Å². The monoisotopic (exact) mass is 415 g/mol. The van der Waals surface area contributed by atoms with E-state index in [0.29, 0.717) is 30.3 Å². The molecular weight excluding hydrogens is 396 g/mol. The van der Waals surface area contributed by atoms with E-state index in [0.717, 1.165) is 25.0 Å². The van der Waals surface area contributed by atoms with Crippen molar-refractivity contribution in [2.45, 2.75) is 25.0 Å². The summed E-state index contributed by atoms with van der Waals surface area (Å²) in [5.74, 6) is -1.24. The number of halogens is 2. The van der Waals surface area contributed by atoms with Crippen molar-refractivity contribution in [3.63, 3.8) is 0 Å². The minimum Gasteiger partial charge on any atom is -0.396 e. The van der Waals surface area contributed by atoms with Crippen LogP contribution in [-0.2, 0) is 0 Å². The molecule has 0 saturated carbocycles. The van der Waals surface area contributed by atoms with Gasteiger partial charge in [0.15, 0.2) is 23.5 Å². The zero-order chi connectivity index (χ0) is 21.0. The molecule has 12 heteroatoms. The van der Waals surface area contributed by atoms with E-state index in [4.69, 9.17) is 11.5 Å². The lowest BCUT2D eigenvalue weighted by Gasteiger charge is -2.34. The summed E-state index contributed by atoms with van der Waals surface area (Å²) in [7, 11) is 0. The first-order valence-corrected chi connectivity index (χ1v) is 9.44. The van der Waals surface area contributed by atoms with Gasteiger partial charge >= 0.3 is 0 Å². The molecule has 1 unspecified atom stereocenters. The fourth-order valence-electron chi connectivity index (χ4n) is 3.98. The van der Waals surface area contributed by atoms with Crippen LogP contribution in [0.4, 0.5) is 20.4 Å². The summed E-state index contributed by atoms with van der Waals surface area (Å²) >= 11 is 0. The number of rotatable bonds is 3. The first-order valence-electron chi connectivity index (χ1n) is 9.44. The lowest BCUT2D eigenvalue weighted by Crippen LogP contribution is -2.38. The van der Waals surface area contributed by atoms with Crippen molar-refractivity contribution < 1.29 is 13.9 Å². The van der Waals surface area contributed by atoms with Gasteiger partial charge < -0.3 is 16.6 Å². The van der Waals surface area contributed by atoms with E-state index < -0.39 is 17.9 Å². The molecule has 1 aliphatic rings. The second-order valence-electron chi connectivity index (χ2n) is 7.41. The lowest BCUT2D eigenvalue weighted by atomic mass is 9.97. The molecule has 1 aliphatic heterocycles. The van der Waals surface area contributed by atoms with Crippen molar-refractivity contribution in [1.82, 2.24) is 34.7 Å². The molecule has 1 saturated heterocycles. The third kappa shape index (κ3) is 2.92. The van der Waals surface area contributed by atoms with E-state index in [-0.39, 0.29) is 28.4 Å². The van der Waals surface area contributed by atoms with Gasteiger partial charge in [0.25, 0.3) is 0 Å². The number of aliphatic hydroxyl groups excluding tert-OH is 1. The maximum Gasteiger partial charge on any atom is 0.223 e. The summed E-state index contributed by atoms with van der Waals surface area (Å²) in [5, 5.41) is 21.9. The van der Waals surface area contributed by atoms with Gasteiger partial charge in [-0.05, 0) is 18.9 Å². The van der Waals surface area contributed by atoms with Gasteiger partial charge in [-0.1, -0.05) is 0 Å². The van der Waals surface area contributed by atoms with Crippen molar-refractivity contribution in [1.29, 1.82) is 0 Å². The Hall–Kier alpha value is -3.38. The smallest absolute Gasteiger partial charge is 0.223 e. The van der Waals surface area contributed by atoms with Crippen LogP contribution < -0.4 is 11.5 Å². The van der Waals surface area contributed by atoms with Crippen molar-refractivity contribution in [2.24, 2.45) is 0 Å². The SMILES string of the molecule is Nc1cn[nH]c1C(O)N1CCC[C@@H](c2nc3c4cc(F)cc(F)c4nc(N)n3n2)C1. The number of hydrogen-bond donors (Lipinski definition) is 4. The lowest BCUT2D eigenvalue weighted by molar-refractivity contribution is -0.0182. The van der Waals surface area contributed by atoms with Crippen LogP contribution >= 0.6 is 0 Å². The third-order valence-electron chi connectivity index (χ3n) is 5.46. The Kier molecular flexibility index (Phi) is 4.25. The molecule has 5 rings (SSSR count). The molecule has 0 bridgehead atoms. The molecule has 0 radical (unpaired) electrons. The number of hydrogen-bond acceptors (Lipinski definition) is 8. The first kappa shape index (κ1) is 18.6. The fourth-order valence-corrected chi connectivity index (χ4v) is 3.98. The van der Waals surface area contributed by atoms with Crippen molar-refractivity contribution in [3.8, 4) is 0 Å². The number of aliphatic hydroxyl groups is 1. The van der Waals surface area contributed by atoms with Gasteiger partial charge in [-0.3, -0.25) is 10.00 Å². The maximum absolute atomic E-state index is 14.2. The zero-order valence-electron chi connectivity index (χ0n) is 15.8. The number of piperidine rings is 1. The predicted octanol–water partition coefficient (Wildman–Crippen LogP) is 1.31. The van der Waals surface area contributed by atoms with E-state index in [1.165, 1.54) is 10.7 Å². The third-order valence-corrected chi connectivity index (χ3v) is 5.46. The van der Waals surface area contributed by atoms with Gasteiger partial charge in [0.1, 0.15) is 17.0 Å². The molecule has 10 nitrogen and oxygen atoms in total. The second kappa shape index (κ2) is 6.85. The fraction of sp³-hybridized carbons (Fsp3) is 0.333. The number of nitrogens with one attached hydrogen (secondary N) is 1. The number of aromatic nitrogens is 6. The molecule has 1 fully saturated rings. The average molecular weight is 415 g/mol. The van der Waals surface area contributed by atoms with Crippen molar-refractivity contribution in [2.75, 3.05) is 24.6 Å². The standard InChI is InChI=1S/C18H19F2N9O/c19-9-4-10-13(11(20)5-9)24-18(22)29-16(10)25-15(27-29)8-2-1-3-28(7-8)17(30)14-12(21)6-23-26-14/h4-6,8,17,30H,1-3,7,21H2,(H2,22,24)(H,23,26)/t8-,17?/m1/s1. The Morgan fingerprint density at radius 1 is 1.23 bits per heavy atom. The molecule has 6 N–H and O–H groups in total. The van der Waals surface area contributed by atoms with Crippen LogP contribution in [-0.4, -0.2) is 52.9 Å². The van der Waals surface area contributed by atoms with E-state index in [1.54, 1.807) is 0 Å². The molecule has 156 valence electrons. The van der Waals surface area contributed by atoms with Gasteiger partial charge in [0.05, 0.1) is 17.3 Å². The minimum atomic E-state index is -0.942. The molecule has 1 aromatic carbocycles. The summed E-state index contributed by atoms with van der Waals surface area (Å²) in [6.07, 6.45) is 2.08. The summed E-state index contributed by atoms with van der Waals surface area (Å²) in [4.78, 5) is 10.4. The van der Waals surface area contributed by atoms with Crippen molar-refractivity contribution >= 4 is 28.2 Å². The van der Waals surface area contributed by atoms with Crippen LogP contribution in [0.5, 0.6) is 0 Å². The summed E-state index contributed by atoms with van der Waals surface area (Å²) < 4.78 is 29.2. The summed E-state index contributed by atoms with van der Waals surface area (Å²) in [6.45, 7) is 1.12. The Balaban J connectivity index is 1.52. The van der Waals surface area contributed by atoms with E-state index >= 15 is 0 Å². The topological polar surface area (TPSA) is 147 Å². The molecule has 0 amide bonds. The predicted molar refractivity (Wildman–Crippen MR) is 104 cm³/mol. The molecular formula is C18H19F2N9O. The number of benzene rings is 1. The van der Waals surface area contributed by atoms with Crippen LogP contribution in [0.25, 0.3) is 16.6 Å². The molecule has 30 heavy (non-hydrogen) atoms. The summed E-state index contributed by atoms with van der Waals surface area (Å²) in [6, 6.07) is 1.92. The highest BCUT2D eigenvalue weighted by molar-refractivity contribution is 5.92. The van der Waals surface area contributed by atoms with E-state index in [1.807, 2.05) is 4.90 Å². The van der Waals surface area contributed by atoms with Gasteiger partial charge in [0.2, 0.25) is 5.95 Å². The summed E-state index contributed by atoms with van der Waals surface area (Å²) in [5.41, 5.74) is 12.8. The van der Waals surface area contributed by atoms with Crippen LogP contribution in [0.15, 0.2) is 18.3 Å². The van der Waals surface area contributed by atoms with Gasteiger partial charge in [-0.2, -0.15) is 9.61 Å². The van der Waals surface area contributed by atoms with E-state index in [2.05, 4.69) is 25.3 Å². The molecule has 2 atom stereocenters. The second-order valence-corrected chi connectivity index (χ2v) is 7.41. The number of nitrogen functional groups attached to an aromatic ring is 2. The number of aromatic amines is 1. The molecule has 4 heterocycles. The molecule has 3 aromatic heterocycles. The maximum atomic E-state index is 14.2. The Labute approximate surface area is 168 Å². The number of anilines is 2. The average Bonchev–Trinajstić information content (AvgIpc) is 3.36. The van der Waals surface area contributed by atoms with Crippen LogP contribution in [0, 0.1) is 11.6 Å². The first-order chi connectivity index (χ1) is 14.4. The van der Waals surface area contributed by atoms with Crippen molar-refractivity contribution in [3.05, 3.63) is 41.5 Å². The van der Waals surface area contributed by atoms with Gasteiger partial charge in [-0.25, -0.2) is 18.7 Å². The number of nitrogens with zero attached hydrogens (tertiary/aromatic N) is 6. The van der Waals surface area contributed by atoms with Crippen LogP contribution in [0.3, 0.4) is 0 Å². The Bertz CT molecular complexity index is 1250.